The molecule has 0 radical (unpaired) electrons. The fourth-order valence-electron chi connectivity index (χ4n) is 1.56. The molecule has 0 saturated carbocycles. The number of carbonyl (C=O) groups is 1. The van der Waals surface area contributed by atoms with E-state index in [0.717, 1.165) is 13.8 Å². The van der Waals surface area contributed by atoms with Crippen molar-refractivity contribution in [2.45, 2.75) is 20.0 Å². The molecule has 1 amide bonds. The van der Waals surface area contributed by atoms with E-state index in [-0.39, 0.29) is 5.82 Å². The van der Waals surface area contributed by atoms with Crippen LogP contribution in [0.1, 0.15) is 13.8 Å². The van der Waals surface area contributed by atoms with E-state index >= 15 is 0 Å². The molecule has 0 aliphatic rings. The van der Waals surface area contributed by atoms with E-state index in [1.807, 2.05) is 6.07 Å². The number of nitrogens with one attached hydrogen (secondary N) is 1. The van der Waals surface area contributed by atoms with Crippen molar-refractivity contribution in [3.05, 3.63) is 42.6 Å². The van der Waals surface area contributed by atoms with Gasteiger partial charge in [-0.15, -0.1) is 0 Å². The Kier molecular flexibility index (Phi) is 4.16. The zero-order valence-electron chi connectivity index (χ0n) is 12.0. The van der Waals surface area contributed by atoms with Crippen molar-refractivity contribution in [1.29, 1.82) is 0 Å². The highest BCUT2D eigenvalue weighted by Gasteiger charge is 2.53. The zero-order chi connectivity index (χ0) is 16.4. The number of amides is 1. The minimum atomic E-state index is -4.65. The third-order valence-corrected chi connectivity index (χ3v) is 3.21. The number of nitrogens with zero attached hydrogens (tertiary/aromatic N) is 2. The summed E-state index contributed by atoms with van der Waals surface area (Å²) < 4.78 is 38.5. The Bertz CT molecular complexity index is 669. The number of carbonyl (C=O) groups excluding carboxylic acids is 1. The molecule has 0 unspecified atom stereocenters. The third kappa shape index (κ3) is 3.24. The van der Waals surface area contributed by atoms with Crippen molar-refractivity contribution in [1.82, 2.24) is 9.97 Å². The molecule has 1 aromatic carbocycles. The molecule has 4 nitrogen and oxygen atoms in total. The second kappa shape index (κ2) is 5.75. The van der Waals surface area contributed by atoms with Gasteiger partial charge in [0.05, 0.1) is 0 Å². The van der Waals surface area contributed by atoms with Gasteiger partial charge in [-0.25, -0.2) is 9.97 Å². The Labute approximate surface area is 125 Å². The van der Waals surface area contributed by atoms with Crippen LogP contribution in [0.2, 0.25) is 0 Å². The van der Waals surface area contributed by atoms with Crippen molar-refractivity contribution >= 4 is 11.7 Å². The summed E-state index contributed by atoms with van der Waals surface area (Å²) in [5.74, 6) is -0.822. The summed E-state index contributed by atoms with van der Waals surface area (Å²) in [7, 11) is 0. The second-order valence-corrected chi connectivity index (χ2v) is 5.21. The van der Waals surface area contributed by atoms with Crippen molar-refractivity contribution in [3.8, 4) is 11.4 Å². The average Bonchev–Trinajstić information content (AvgIpc) is 2.47. The molecule has 0 aliphatic heterocycles. The minimum Gasteiger partial charge on any atom is -0.310 e. The number of rotatable bonds is 3. The van der Waals surface area contributed by atoms with E-state index in [0.29, 0.717) is 11.4 Å². The zero-order valence-corrected chi connectivity index (χ0v) is 12.0. The molecule has 7 heteroatoms. The van der Waals surface area contributed by atoms with Crippen LogP contribution in [0.5, 0.6) is 0 Å². The van der Waals surface area contributed by atoms with E-state index < -0.39 is 17.5 Å². The molecule has 0 atom stereocenters. The fraction of sp³-hybridized carbons (Fsp3) is 0.267. The van der Waals surface area contributed by atoms with Crippen molar-refractivity contribution in [2.75, 3.05) is 5.32 Å². The summed E-state index contributed by atoms with van der Waals surface area (Å²) in [5.41, 5.74) is -1.81. The maximum absolute atomic E-state index is 12.8. The first-order valence-corrected chi connectivity index (χ1v) is 6.48. The number of anilines is 1. The van der Waals surface area contributed by atoms with E-state index in [4.69, 9.17) is 0 Å². The Balaban J connectivity index is 2.23. The van der Waals surface area contributed by atoms with Gasteiger partial charge in [-0.1, -0.05) is 30.3 Å². The van der Waals surface area contributed by atoms with E-state index in [1.54, 1.807) is 24.3 Å². The van der Waals surface area contributed by atoms with Crippen LogP contribution < -0.4 is 5.32 Å². The number of benzene rings is 1. The van der Waals surface area contributed by atoms with Gasteiger partial charge in [0.1, 0.15) is 11.2 Å². The Morgan fingerprint density at radius 3 is 2.32 bits per heavy atom. The number of hydrogen-bond donors (Lipinski definition) is 1. The highest BCUT2D eigenvalue weighted by Crippen LogP contribution is 2.38. The summed E-state index contributed by atoms with van der Waals surface area (Å²) in [5, 5.41) is 2.19. The molecule has 0 spiro atoms. The Morgan fingerprint density at radius 2 is 1.73 bits per heavy atom. The molecule has 116 valence electrons. The maximum Gasteiger partial charge on any atom is 0.402 e. The fourth-order valence-corrected chi connectivity index (χ4v) is 1.56. The lowest BCUT2D eigenvalue weighted by molar-refractivity contribution is -0.208. The molecular formula is C15H14F3N3O. The first-order valence-electron chi connectivity index (χ1n) is 6.48. The number of alkyl halides is 3. The molecule has 0 bridgehead atoms. The largest absolute Gasteiger partial charge is 0.402 e. The lowest BCUT2D eigenvalue weighted by atomic mass is 9.91. The average molecular weight is 309 g/mol. The van der Waals surface area contributed by atoms with Gasteiger partial charge in [-0.2, -0.15) is 13.2 Å². The summed E-state index contributed by atoms with van der Waals surface area (Å²) in [6.45, 7) is 1.64. The van der Waals surface area contributed by atoms with Crippen LogP contribution >= 0.6 is 0 Å². The first-order chi connectivity index (χ1) is 10.2. The summed E-state index contributed by atoms with van der Waals surface area (Å²) >= 11 is 0. The van der Waals surface area contributed by atoms with Gasteiger partial charge in [0.15, 0.2) is 5.82 Å². The highest BCUT2D eigenvalue weighted by molar-refractivity contribution is 5.94. The van der Waals surface area contributed by atoms with Crippen LogP contribution in [0, 0.1) is 5.41 Å². The molecule has 22 heavy (non-hydrogen) atoms. The highest BCUT2D eigenvalue weighted by atomic mass is 19.4. The quantitative estimate of drug-likeness (QED) is 0.941. The predicted molar refractivity (Wildman–Crippen MR) is 75.9 cm³/mol. The van der Waals surface area contributed by atoms with Crippen molar-refractivity contribution in [2.24, 2.45) is 5.41 Å². The van der Waals surface area contributed by atoms with Gasteiger partial charge in [-0.05, 0) is 19.9 Å². The van der Waals surface area contributed by atoms with Crippen LogP contribution in [-0.4, -0.2) is 22.1 Å². The summed E-state index contributed by atoms with van der Waals surface area (Å²) in [6, 6.07) is 10.3. The standard InChI is InChI=1S/C15H14F3N3O/c1-14(2,15(16,17)18)13(22)21-11-8-9-19-12(20-11)10-6-4-3-5-7-10/h3-9H,1-2H3,(H,19,20,21,22). The molecule has 0 aliphatic carbocycles. The Morgan fingerprint density at radius 1 is 1.09 bits per heavy atom. The van der Waals surface area contributed by atoms with E-state index in [1.165, 1.54) is 12.3 Å². The van der Waals surface area contributed by atoms with Gasteiger partial charge in [0.2, 0.25) is 5.91 Å². The lowest BCUT2D eigenvalue weighted by Crippen LogP contribution is -2.43. The van der Waals surface area contributed by atoms with Gasteiger partial charge < -0.3 is 5.32 Å². The summed E-state index contributed by atoms with van der Waals surface area (Å²) in [6.07, 6.45) is -3.27. The van der Waals surface area contributed by atoms with Crippen LogP contribution in [-0.2, 0) is 4.79 Å². The lowest BCUT2D eigenvalue weighted by Gasteiger charge is -2.26. The number of halogens is 3. The minimum absolute atomic E-state index is 0.0242. The van der Waals surface area contributed by atoms with Crippen LogP contribution in [0.4, 0.5) is 19.0 Å². The normalized spacial score (nSPS) is 12.0. The van der Waals surface area contributed by atoms with E-state index in [2.05, 4.69) is 15.3 Å². The molecule has 1 heterocycles. The molecular weight excluding hydrogens is 295 g/mol. The van der Waals surface area contributed by atoms with Gasteiger partial charge in [0.25, 0.3) is 0 Å². The number of hydrogen-bond acceptors (Lipinski definition) is 3. The SMILES string of the molecule is CC(C)(C(=O)Nc1ccnc(-c2ccccc2)n1)C(F)(F)F. The first kappa shape index (κ1) is 15.9. The van der Waals surface area contributed by atoms with Crippen LogP contribution in [0.3, 0.4) is 0 Å². The monoisotopic (exact) mass is 309 g/mol. The molecule has 2 aromatic rings. The van der Waals surface area contributed by atoms with Gasteiger partial charge in [0, 0.05) is 11.8 Å². The predicted octanol–water partition coefficient (Wildman–Crippen LogP) is 3.67. The van der Waals surface area contributed by atoms with E-state index in [9.17, 15) is 18.0 Å². The molecule has 0 saturated heterocycles. The van der Waals surface area contributed by atoms with Crippen molar-refractivity contribution < 1.29 is 18.0 Å². The second-order valence-electron chi connectivity index (χ2n) is 5.21. The topological polar surface area (TPSA) is 54.9 Å². The summed E-state index contributed by atoms with van der Waals surface area (Å²) in [4.78, 5) is 19.9. The van der Waals surface area contributed by atoms with Crippen LogP contribution in [0.15, 0.2) is 42.6 Å². The number of aromatic nitrogens is 2. The molecule has 1 aromatic heterocycles. The molecule has 2 rings (SSSR count). The molecule has 1 N–H and O–H groups in total. The van der Waals surface area contributed by atoms with Crippen LogP contribution in [0.25, 0.3) is 11.4 Å². The van der Waals surface area contributed by atoms with Crippen molar-refractivity contribution in [3.63, 3.8) is 0 Å². The Hall–Kier alpha value is -2.44. The maximum atomic E-state index is 12.8. The third-order valence-electron chi connectivity index (χ3n) is 3.21. The smallest absolute Gasteiger partial charge is 0.310 e. The van der Waals surface area contributed by atoms with Gasteiger partial charge >= 0.3 is 6.18 Å². The molecule has 0 fully saturated rings. The van der Waals surface area contributed by atoms with Gasteiger partial charge in [-0.3, -0.25) is 4.79 Å².